The molecule has 0 saturated carbocycles. The summed E-state index contributed by atoms with van der Waals surface area (Å²) in [6.45, 7) is 0. The Hall–Kier alpha value is -3.12. The standard InChI is InChI=1S/C18H12ClNO5/c19-13-14(20-15(21)11-7-3-1-4-8-11)18(25-17(13)23)24-16(22)12-9-5-2-6-10-12/h1-10,18H,(H,20,21). The summed E-state index contributed by atoms with van der Waals surface area (Å²) in [6, 6.07) is 16.5. The Labute approximate surface area is 148 Å². The number of carbonyl (C=O) groups is 3. The number of amides is 1. The van der Waals surface area contributed by atoms with Gasteiger partial charge in [-0.15, -0.1) is 0 Å². The molecule has 25 heavy (non-hydrogen) atoms. The van der Waals surface area contributed by atoms with Gasteiger partial charge in [-0.05, 0) is 24.3 Å². The molecule has 1 heterocycles. The molecule has 126 valence electrons. The molecule has 2 aromatic rings. The molecule has 6 nitrogen and oxygen atoms in total. The molecule has 0 saturated heterocycles. The normalized spacial score (nSPS) is 16.4. The summed E-state index contributed by atoms with van der Waals surface area (Å²) in [7, 11) is 0. The van der Waals surface area contributed by atoms with E-state index in [9.17, 15) is 14.4 Å². The van der Waals surface area contributed by atoms with Gasteiger partial charge in [0.1, 0.15) is 5.70 Å². The summed E-state index contributed by atoms with van der Waals surface area (Å²) in [4.78, 5) is 36.0. The number of hydrogen-bond acceptors (Lipinski definition) is 5. The van der Waals surface area contributed by atoms with E-state index in [1.54, 1.807) is 60.7 Å². The third kappa shape index (κ3) is 3.70. The third-order valence-electron chi connectivity index (χ3n) is 3.37. The number of ether oxygens (including phenoxy) is 2. The van der Waals surface area contributed by atoms with Crippen LogP contribution in [0.2, 0.25) is 0 Å². The zero-order valence-electron chi connectivity index (χ0n) is 12.8. The van der Waals surface area contributed by atoms with Crippen LogP contribution in [0.3, 0.4) is 0 Å². The van der Waals surface area contributed by atoms with Crippen LogP contribution in [0.15, 0.2) is 71.4 Å². The average Bonchev–Trinajstić information content (AvgIpc) is 2.90. The van der Waals surface area contributed by atoms with Gasteiger partial charge in [-0.1, -0.05) is 48.0 Å². The Balaban J connectivity index is 1.77. The molecule has 2 aromatic carbocycles. The van der Waals surface area contributed by atoms with Crippen molar-refractivity contribution < 1.29 is 23.9 Å². The number of cyclic esters (lactones) is 1. The minimum Gasteiger partial charge on any atom is -0.415 e. The third-order valence-corrected chi connectivity index (χ3v) is 3.73. The molecular weight excluding hydrogens is 346 g/mol. The van der Waals surface area contributed by atoms with Crippen LogP contribution in [-0.4, -0.2) is 24.1 Å². The van der Waals surface area contributed by atoms with Crippen molar-refractivity contribution in [3.8, 4) is 0 Å². The van der Waals surface area contributed by atoms with E-state index in [-0.39, 0.29) is 16.3 Å². The summed E-state index contributed by atoms with van der Waals surface area (Å²) in [6.07, 6.45) is -1.42. The van der Waals surface area contributed by atoms with E-state index < -0.39 is 24.1 Å². The smallest absolute Gasteiger partial charge is 0.355 e. The SMILES string of the molecule is O=C1OC(OC(=O)c2ccccc2)C(NC(=O)c2ccccc2)=C1Cl. The molecule has 1 atom stereocenters. The van der Waals surface area contributed by atoms with Gasteiger partial charge in [0, 0.05) is 5.56 Å². The fraction of sp³-hybridized carbons (Fsp3) is 0.0556. The van der Waals surface area contributed by atoms with Gasteiger partial charge in [-0.3, -0.25) is 4.79 Å². The van der Waals surface area contributed by atoms with Crippen molar-refractivity contribution >= 4 is 29.4 Å². The molecule has 1 N–H and O–H groups in total. The van der Waals surface area contributed by atoms with Crippen molar-refractivity contribution in [3.05, 3.63) is 82.5 Å². The van der Waals surface area contributed by atoms with Gasteiger partial charge in [0.2, 0.25) is 0 Å². The predicted octanol–water partition coefficient (Wildman–Crippen LogP) is 2.61. The zero-order chi connectivity index (χ0) is 17.8. The second-order valence-corrected chi connectivity index (χ2v) is 5.43. The maximum atomic E-state index is 12.2. The monoisotopic (exact) mass is 357 g/mol. The molecule has 0 fully saturated rings. The highest BCUT2D eigenvalue weighted by Crippen LogP contribution is 2.25. The second kappa shape index (κ2) is 7.19. The number of nitrogens with one attached hydrogen (secondary N) is 1. The summed E-state index contributed by atoms with van der Waals surface area (Å²) >= 11 is 5.88. The topological polar surface area (TPSA) is 81.7 Å². The quantitative estimate of drug-likeness (QED) is 0.850. The number of halogens is 1. The number of carbonyl (C=O) groups excluding carboxylic acids is 3. The molecule has 1 aliphatic heterocycles. The van der Waals surface area contributed by atoms with E-state index in [0.717, 1.165) is 0 Å². The summed E-state index contributed by atoms with van der Waals surface area (Å²) < 4.78 is 10.1. The van der Waals surface area contributed by atoms with Crippen LogP contribution in [0.1, 0.15) is 20.7 Å². The molecule has 0 bridgehead atoms. The maximum Gasteiger partial charge on any atom is 0.355 e. The molecule has 0 aromatic heterocycles. The molecule has 0 spiro atoms. The van der Waals surface area contributed by atoms with Crippen LogP contribution in [0, 0.1) is 0 Å². The van der Waals surface area contributed by atoms with Crippen LogP contribution < -0.4 is 5.32 Å². The lowest BCUT2D eigenvalue weighted by atomic mass is 10.2. The highest BCUT2D eigenvalue weighted by Gasteiger charge is 2.37. The van der Waals surface area contributed by atoms with Gasteiger partial charge >= 0.3 is 11.9 Å². The lowest BCUT2D eigenvalue weighted by Crippen LogP contribution is -2.32. The average molecular weight is 358 g/mol. The Morgan fingerprint density at radius 2 is 1.52 bits per heavy atom. The first-order valence-corrected chi connectivity index (χ1v) is 7.67. The maximum absolute atomic E-state index is 12.2. The van der Waals surface area contributed by atoms with Crippen molar-refractivity contribution in [2.24, 2.45) is 0 Å². The van der Waals surface area contributed by atoms with Gasteiger partial charge in [0.05, 0.1) is 5.56 Å². The van der Waals surface area contributed by atoms with Gasteiger partial charge < -0.3 is 14.8 Å². The number of benzene rings is 2. The van der Waals surface area contributed by atoms with Crippen molar-refractivity contribution in [1.29, 1.82) is 0 Å². The Morgan fingerprint density at radius 1 is 0.960 bits per heavy atom. The molecule has 7 heteroatoms. The van der Waals surface area contributed by atoms with Crippen LogP contribution in [0.25, 0.3) is 0 Å². The molecule has 1 unspecified atom stereocenters. The zero-order valence-corrected chi connectivity index (χ0v) is 13.5. The Kier molecular flexibility index (Phi) is 4.81. The summed E-state index contributed by atoms with van der Waals surface area (Å²) in [5.41, 5.74) is 0.520. The highest BCUT2D eigenvalue weighted by molar-refractivity contribution is 6.42. The minimum atomic E-state index is -1.42. The fourth-order valence-corrected chi connectivity index (χ4v) is 2.32. The van der Waals surface area contributed by atoms with Gasteiger partial charge in [0.15, 0.2) is 5.03 Å². The largest absolute Gasteiger partial charge is 0.415 e. The molecule has 1 aliphatic rings. The molecule has 1 amide bonds. The summed E-state index contributed by atoms with van der Waals surface area (Å²) in [5.74, 6) is -2.10. The minimum absolute atomic E-state index is 0.107. The van der Waals surface area contributed by atoms with E-state index >= 15 is 0 Å². The number of esters is 2. The predicted molar refractivity (Wildman–Crippen MR) is 88.5 cm³/mol. The lowest BCUT2D eigenvalue weighted by Gasteiger charge is -2.15. The van der Waals surface area contributed by atoms with Gasteiger partial charge in [0.25, 0.3) is 12.2 Å². The Morgan fingerprint density at radius 3 is 2.12 bits per heavy atom. The second-order valence-electron chi connectivity index (χ2n) is 5.06. The Bertz CT molecular complexity index is 848. The number of rotatable bonds is 4. The van der Waals surface area contributed by atoms with E-state index in [2.05, 4.69) is 5.32 Å². The van der Waals surface area contributed by atoms with Gasteiger partial charge in [-0.25, -0.2) is 9.59 Å². The molecular formula is C18H12ClNO5. The molecule has 0 radical (unpaired) electrons. The van der Waals surface area contributed by atoms with Crippen LogP contribution in [0.4, 0.5) is 0 Å². The first kappa shape index (κ1) is 16.7. The first-order valence-electron chi connectivity index (χ1n) is 7.29. The molecule has 0 aliphatic carbocycles. The number of hydrogen-bond donors (Lipinski definition) is 1. The van der Waals surface area contributed by atoms with E-state index in [4.69, 9.17) is 21.1 Å². The van der Waals surface area contributed by atoms with Crippen molar-refractivity contribution in [3.63, 3.8) is 0 Å². The van der Waals surface area contributed by atoms with Crippen LogP contribution in [-0.2, 0) is 14.3 Å². The lowest BCUT2D eigenvalue weighted by molar-refractivity contribution is -0.152. The van der Waals surface area contributed by atoms with Gasteiger partial charge in [-0.2, -0.15) is 0 Å². The van der Waals surface area contributed by atoms with Crippen molar-refractivity contribution in [2.45, 2.75) is 6.29 Å². The van der Waals surface area contributed by atoms with Crippen LogP contribution >= 0.6 is 11.6 Å². The van der Waals surface area contributed by atoms with Crippen molar-refractivity contribution in [1.82, 2.24) is 5.32 Å². The van der Waals surface area contributed by atoms with E-state index in [0.29, 0.717) is 5.56 Å². The van der Waals surface area contributed by atoms with Crippen LogP contribution in [0.5, 0.6) is 0 Å². The summed E-state index contributed by atoms with van der Waals surface area (Å²) in [5, 5.41) is 2.13. The fourth-order valence-electron chi connectivity index (χ4n) is 2.14. The van der Waals surface area contributed by atoms with Crippen molar-refractivity contribution in [2.75, 3.05) is 0 Å². The van der Waals surface area contributed by atoms with E-state index in [1.807, 2.05) is 0 Å². The van der Waals surface area contributed by atoms with E-state index in [1.165, 1.54) is 0 Å². The first-order chi connectivity index (χ1) is 12.1. The highest BCUT2D eigenvalue weighted by atomic mass is 35.5. The molecule has 3 rings (SSSR count).